The molecule has 2 N–H and O–H groups in total. The van der Waals surface area contributed by atoms with Crippen molar-refractivity contribution in [3.63, 3.8) is 0 Å². The van der Waals surface area contributed by atoms with Crippen LogP contribution in [0.4, 0.5) is 0 Å². The highest BCUT2D eigenvalue weighted by atomic mass is 32.2. The standard InChI is InChI=1S/C14H23N3OS/c1-3-9-16-14(15-2)17-10-11-19(18)12-13-7-5-4-6-8-13/h4-8H,3,9-12H2,1-2H3,(H2,15,16,17). The van der Waals surface area contributed by atoms with Crippen LogP contribution in [0.1, 0.15) is 18.9 Å². The van der Waals surface area contributed by atoms with Gasteiger partial charge in [-0.3, -0.25) is 9.20 Å². The average molecular weight is 281 g/mol. The molecule has 0 bridgehead atoms. The molecule has 1 unspecified atom stereocenters. The van der Waals surface area contributed by atoms with E-state index in [0.717, 1.165) is 24.5 Å². The van der Waals surface area contributed by atoms with E-state index in [1.54, 1.807) is 7.05 Å². The molecule has 1 aromatic rings. The van der Waals surface area contributed by atoms with Gasteiger partial charge < -0.3 is 10.6 Å². The third-order valence-electron chi connectivity index (χ3n) is 2.56. The lowest BCUT2D eigenvalue weighted by molar-refractivity contribution is 0.680. The van der Waals surface area contributed by atoms with Gasteiger partial charge in [0, 0.05) is 42.4 Å². The lowest BCUT2D eigenvalue weighted by Crippen LogP contribution is -2.39. The molecule has 1 atom stereocenters. The molecule has 0 aliphatic heterocycles. The molecule has 5 heteroatoms. The van der Waals surface area contributed by atoms with Crippen molar-refractivity contribution < 1.29 is 4.21 Å². The van der Waals surface area contributed by atoms with Gasteiger partial charge in [0.1, 0.15) is 0 Å². The predicted molar refractivity (Wildman–Crippen MR) is 82.8 cm³/mol. The average Bonchev–Trinajstić information content (AvgIpc) is 2.43. The van der Waals surface area contributed by atoms with Crippen LogP contribution < -0.4 is 10.6 Å². The molecule has 0 aromatic heterocycles. The molecule has 0 fully saturated rings. The van der Waals surface area contributed by atoms with E-state index in [0.29, 0.717) is 18.1 Å². The maximum atomic E-state index is 11.9. The van der Waals surface area contributed by atoms with Gasteiger partial charge in [0.2, 0.25) is 0 Å². The highest BCUT2D eigenvalue weighted by Gasteiger charge is 2.02. The zero-order chi connectivity index (χ0) is 13.9. The van der Waals surface area contributed by atoms with Crippen molar-refractivity contribution in [2.75, 3.05) is 25.9 Å². The van der Waals surface area contributed by atoms with Gasteiger partial charge in [-0.05, 0) is 12.0 Å². The van der Waals surface area contributed by atoms with Crippen LogP contribution in [-0.4, -0.2) is 36.1 Å². The predicted octanol–water partition coefficient (Wildman–Crippen LogP) is 1.51. The highest BCUT2D eigenvalue weighted by molar-refractivity contribution is 7.84. The number of hydrogen-bond acceptors (Lipinski definition) is 2. The van der Waals surface area contributed by atoms with Gasteiger partial charge in [-0.15, -0.1) is 0 Å². The van der Waals surface area contributed by atoms with E-state index in [2.05, 4.69) is 22.5 Å². The van der Waals surface area contributed by atoms with Gasteiger partial charge in [-0.1, -0.05) is 37.3 Å². The first-order valence-corrected chi connectivity index (χ1v) is 8.08. The zero-order valence-electron chi connectivity index (χ0n) is 11.7. The molecule has 0 saturated carbocycles. The third kappa shape index (κ3) is 6.96. The summed E-state index contributed by atoms with van der Waals surface area (Å²) >= 11 is 0. The monoisotopic (exact) mass is 281 g/mol. The summed E-state index contributed by atoms with van der Waals surface area (Å²) in [4.78, 5) is 4.10. The fourth-order valence-electron chi connectivity index (χ4n) is 1.58. The molecule has 106 valence electrons. The molecule has 19 heavy (non-hydrogen) atoms. The molecular formula is C14H23N3OS. The lowest BCUT2D eigenvalue weighted by atomic mass is 10.2. The number of rotatable bonds is 7. The largest absolute Gasteiger partial charge is 0.356 e. The van der Waals surface area contributed by atoms with E-state index in [1.165, 1.54) is 0 Å². The van der Waals surface area contributed by atoms with E-state index in [4.69, 9.17) is 0 Å². The number of nitrogens with zero attached hydrogens (tertiary/aromatic N) is 1. The van der Waals surface area contributed by atoms with Gasteiger partial charge in [0.25, 0.3) is 0 Å². The fraction of sp³-hybridized carbons (Fsp3) is 0.500. The summed E-state index contributed by atoms with van der Waals surface area (Å²) < 4.78 is 11.9. The summed E-state index contributed by atoms with van der Waals surface area (Å²) in [6.45, 7) is 3.67. The minimum atomic E-state index is -0.840. The molecule has 0 saturated heterocycles. The first-order chi connectivity index (χ1) is 9.26. The number of aliphatic imine (C=N–C) groups is 1. The second kappa shape index (κ2) is 9.55. The second-order valence-electron chi connectivity index (χ2n) is 4.20. The van der Waals surface area contributed by atoms with Crippen molar-refractivity contribution in [2.24, 2.45) is 4.99 Å². The Bertz CT molecular complexity index is 406. The molecule has 0 spiro atoms. The maximum absolute atomic E-state index is 11.9. The van der Waals surface area contributed by atoms with Crippen LogP contribution in [0.2, 0.25) is 0 Å². The minimum absolute atomic E-state index is 0.615. The minimum Gasteiger partial charge on any atom is -0.356 e. The van der Waals surface area contributed by atoms with Gasteiger partial charge >= 0.3 is 0 Å². The Labute approximate surface area is 118 Å². The Balaban J connectivity index is 2.23. The molecule has 0 heterocycles. The van der Waals surface area contributed by atoms with Crippen LogP contribution in [0.5, 0.6) is 0 Å². The van der Waals surface area contributed by atoms with Crippen LogP contribution in [0.3, 0.4) is 0 Å². The summed E-state index contributed by atoms with van der Waals surface area (Å²) in [5.41, 5.74) is 1.12. The maximum Gasteiger partial charge on any atom is 0.191 e. The molecule has 0 radical (unpaired) electrons. The van der Waals surface area contributed by atoms with Gasteiger partial charge in [-0.2, -0.15) is 0 Å². The molecule has 1 rings (SSSR count). The highest BCUT2D eigenvalue weighted by Crippen LogP contribution is 2.02. The third-order valence-corrected chi connectivity index (χ3v) is 3.87. The molecule has 0 amide bonds. The summed E-state index contributed by atoms with van der Waals surface area (Å²) in [7, 11) is 0.902. The first kappa shape index (κ1) is 15.7. The summed E-state index contributed by atoms with van der Waals surface area (Å²) in [6.07, 6.45) is 1.06. The number of nitrogens with one attached hydrogen (secondary N) is 2. The Hall–Kier alpha value is -1.36. The lowest BCUT2D eigenvalue weighted by Gasteiger charge is -2.10. The van der Waals surface area contributed by atoms with Crippen LogP contribution in [-0.2, 0) is 16.6 Å². The van der Waals surface area contributed by atoms with Crippen molar-refractivity contribution >= 4 is 16.8 Å². The summed E-state index contributed by atoms with van der Waals surface area (Å²) in [5.74, 6) is 2.02. The normalized spacial score (nSPS) is 13.1. The van der Waals surface area contributed by atoms with E-state index in [1.807, 2.05) is 30.3 Å². The van der Waals surface area contributed by atoms with Gasteiger partial charge in [-0.25, -0.2) is 0 Å². The quantitative estimate of drug-likeness (QED) is 0.588. The summed E-state index contributed by atoms with van der Waals surface area (Å²) in [5, 5.41) is 6.35. The molecule has 0 aliphatic carbocycles. The van der Waals surface area contributed by atoms with Crippen molar-refractivity contribution in [1.29, 1.82) is 0 Å². The van der Waals surface area contributed by atoms with Crippen LogP contribution >= 0.6 is 0 Å². The van der Waals surface area contributed by atoms with Gasteiger partial charge in [0.05, 0.1) is 0 Å². The van der Waals surface area contributed by atoms with E-state index in [-0.39, 0.29) is 0 Å². The fourth-order valence-corrected chi connectivity index (χ4v) is 2.62. The topological polar surface area (TPSA) is 53.5 Å². The van der Waals surface area contributed by atoms with Crippen LogP contribution in [0.25, 0.3) is 0 Å². The Morgan fingerprint density at radius 3 is 2.53 bits per heavy atom. The van der Waals surface area contributed by atoms with E-state index >= 15 is 0 Å². The smallest absolute Gasteiger partial charge is 0.191 e. The zero-order valence-corrected chi connectivity index (χ0v) is 12.5. The van der Waals surface area contributed by atoms with Crippen LogP contribution in [0.15, 0.2) is 35.3 Å². The second-order valence-corrected chi connectivity index (χ2v) is 5.78. The number of benzene rings is 1. The van der Waals surface area contributed by atoms with E-state index < -0.39 is 10.8 Å². The molecular weight excluding hydrogens is 258 g/mol. The first-order valence-electron chi connectivity index (χ1n) is 6.59. The Kier molecular flexibility index (Phi) is 7.89. The van der Waals surface area contributed by atoms with Crippen molar-refractivity contribution in [3.8, 4) is 0 Å². The van der Waals surface area contributed by atoms with Crippen molar-refractivity contribution in [3.05, 3.63) is 35.9 Å². The van der Waals surface area contributed by atoms with Crippen molar-refractivity contribution in [2.45, 2.75) is 19.1 Å². The number of hydrogen-bond donors (Lipinski definition) is 2. The Morgan fingerprint density at radius 2 is 1.89 bits per heavy atom. The molecule has 0 aliphatic rings. The van der Waals surface area contributed by atoms with Gasteiger partial charge in [0.15, 0.2) is 5.96 Å². The van der Waals surface area contributed by atoms with E-state index in [9.17, 15) is 4.21 Å². The Morgan fingerprint density at radius 1 is 1.21 bits per heavy atom. The summed E-state index contributed by atoms with van der Waals surface area (Å²) in [6, 6.07) is 9.93. The number of guanidine groups is 1. The SMILES string of the molecule is CCCNC(=NC)NCCS(=O)Cc1ccccc1. The van der Waals surface area contributed by atoms with Crippen LogP contribution in [0, 0.1) is 0 Å². The molecule has 4 nitrogen and oxygen atoms in total. The van der Waals surface area contributed by atoms with Crippen molar-refractivity contribution in [1.82, 2.24) is 10.6 Å². The molecule has 1 aromatic carbocycles.